The summed E-state index contributed by atoms with van der Waals surface area (Å²) in [7, 11) is 0. The van der Waals surface area contributed by atoms with Crippen LogP contribution in [0.4, 0.5) is 5.69 Å². The predicted octanol–water partition coefficient (Wildman–Crippen LogP) is 3.75. The monoisotopic (exact) mass is 380 g/mol. The number of rotatable bonds is 7. The van der Waals surface area contributed by atoms with Gasteiger partial charge in [0.15, 0.2) is 0 Å². The molecule has 148 valence electrons. The molecule has 3 rings (SSSR count). The maximum atomic E-state index is 12.6. The van der Waals surface area contributed by atoms with E-state index in [9.17, 15) is 9.59 Å². The highest BCUT2D eigenvalue weighted by Gasteiger charge is 2.35. The van der Waals surface area contributed by atoms with E-state index in [1.54, 1.807) is 4.90 Å². The molecule has 2 aromatic carbocycles. The molecule has 2 atom stereocenters. The SMILES string of the molecule is CC(C)Oc1ccc(N2C[C@H](C(=O)NC[C@@H](C)c3ccccc3)CC2=O)cc1. The average Bonchev–Trinajstić information content (AvgIpc) is 3.08. The number of carbonyl (C=O) groups excluding carboxylic acids is 2. The van der Waals surface area contributed by atoms with Crippen molar-refractivity contribution in [2.24, 2.45) is 5.92 Å². The Morgan fingerprint density at radius 2 is 1.79 bits per heavy atom. The van der Waals surface area contributed by atoms with E-state index in [2.05, 4.69) is 24.4 Å². The summed E-state index contributed by atoms with van der Waals surface area (Å²) in [6.07, 6.45) is 0.348. The Labute approximate surface area is 166 Å². The fraction of sp³-hybridized carbons (Fsp3) is 0.391. The van der Waals surface area contributed by atoms with Gasteiger partial charge in [-0.2, -0.15) is 0 Å². The lowest BCUT2D eigenvalue weighted by Gasteiger charge is -2.18. The van der Waals surface area contributed by atoms with Gasteiger partial charge in [0.25, 0.3) is 0 Å². The average molecular weight is 380 g/mol. The Kier molecular flexibility index (Phi) is 6.34. The second-order valence-electron chi connectivity index (χ2n) is 7.62. The van der Waals surface area contributed by atoms with E-state index in [0.29, 0.717) is 13.1 Å². The number of nitrogens with zero attached hydrogens (tertiary/aromatic N) is 1. The Morgan fingerprint density at radius 3 is 2.43 bits per heavy atom. The van der Waals surface area contributed by atoms with Crippen molar-refractivity contribution >= 4 is 17.5 Å². The van der Waals surface area contributed by atoms with Gasteiger partial charge in [-0.1, -0.05) is 37.3 Å². The molecule has 0 radical (unpaired) electrons. The van der Waals surface area contributed by atoms with Gasteiger partial charge in [-0.3, -0.25) is 9.59 Å². The van der Waals surface area contributed by atoms with Crippen LogP contribution in [-0.2, 0) is 9.59 Å². The number of nitrogens with one attached hydrogen (secondary N) is 1. The van der Waals surface area contributed by atoms with Gasteiger partial charge in [-0.25, -0.2) is 0 Å². The maximum Gasteiger partial charge on any atom is 0.227 e. The number of ether oxygens (including phenoxy) is 1. The summed E-state index contributed by atoms with van der Waals surface area (Å²) in [5, 5.41) is 3.01. The second kappa shape index (κ2) is 8.91. The minimum Gasteiger partial charge on any atom is -0.491 e. The molecule has 1 N–H and O–H groups in total. The topological polar surface area (TPSA) is 58.6 Å². The molecule has 2 amide bonds. The molecule has 0 saturated carbocycles. The second-order valence-corrected chi connectivity index (χ2v) is 7.62. The Morgan fingerprint density at radius 1 is 1.11 bits per heavy atom. The highest BCUT2D eigenvalue weighted by molar-refractivity contribution is 6.00. The van der Waals surface area contributed by atoms with Crippen molar-refractivity contribution in [1.29, 1.82) is 0 Å². The number of amides is 2. The lowest BCUT2D eigenvalue weighted by molar-refractivity contribution is -0.126. The highest BCUT2D eigenvalue weighted by atomic mass is 16.5. The van der Waals surface area contributed by atoms with E-state index in [-0.39, 0.29) is 36.2 Å². The quantitative estimate of drug-likeness (QED) is 0.796. The van der Waals surface area contributed by atoms with E-state index in [0.717, 1.165) is 11.4 Å². The van der Waals surface area contributed by atoms with Crippen LogP contribution in [0.3, 0.4) is 0 Å². The number of benzene rings is 2. The molecule has 5 heteroatoms. The van der Waals surface area contributed by atoms with Crippen molar-refractivity contribution in [3.8, 4) is 5.75 Å². The summed E-state index contributed by atoms with van der Waals surface area (Å²) in [5.74, 6) is 0.607. The van der Waals surface area contributed by atoms with Crippen LogP contribution in [0.1, 0.15) is 38.7 Å². The summed E-state index contributed by atoms with van der Waals surface area (Å²) in [6.45, 7) is 7.01. The predicted molar refractivity (Wildman–Crippen MR) is 111 cm³/mol. The molecule has 1 aliphatic rings. The van der Waals surface area contributed by atoms with Gasteiger partial charge in [0.1, 0.15) is 5.75 Å². The first-order valence-electron chi connectivity index (χ1n) is 9.83. The van der Waals surface area contributed by atoms with E-state index >= 15 is 0 Å². The van der Waals surface area contributed by atoms with Crippen LogP contribution >= 0.6 is 0 Å². The third-order valence-corrected chi connectivity index (χ3v) is 4.97. The molecule has 2 aromatic rings. The summed E-state index contributed by atoms with van der Waals surface area (Å²) >= 11 is 0. The van der Waals surface area contributed by atoms with Crippen molar-refractivity contribution in [3.63, 3.8) is 0 Å². The van der Waals surface area contributed by atoms with Crippen LogP contribution in [0.5, 0.6) is 5.75 Å². The summed E-state index contributed by atoms with van der Waals surface area (Å²) < 4.78 is 5.64. The highest BCUT2D eigenvalue weighted by Crippen LogP contribution is 2.27. The summed E-state index contributed by atoms with van der Waals surface area (Å²) in [6, 6.07) is 17.6. The maximum absolute atomic E-state index is 12.6. The zero-order chi connectivity index (χ0) is 20.1. The van der Waals surface area contributed by atoms with Crippen molar-refractivity contribution in [2.75, 3.05) is 18.0 Å². The van der Waals surface area contributed by atoms with E-state index in [1.165, 1.54) is 5.56 Å². The number of carbonyl (C=O) groups is 2. The van der Waals surface area contributed by atoms with Crippen LogP contribution in [0.25, 0.3) is 0 Å². The molecule has 0 spiro atoms. The van der Waals surface area contributed by atoms with Gasteiger partial charge in [0.05, 0.1) is 12.0 Å². The van der Waals surface area contributed by atoms with Crippen molar-refractivity contribution in [2.45, 2.75) is 39.2 Å². The molecule has 1 fully saturated rings. The molecule has 0 bridgehead atoms. The van der Waals surface area contributed by atoms with Crippen LogP contribution in [0.2, 0.25) is 0 Å². The molecule has 1 heterocycles. The third-order valence-electron chi connectivity index (χ3n) is 4.97. The Hall–Kier alpha value is -2.82. The van der Waals surface area contributed by atoms with Gasteiger partial charge in [0.2, 0.25) is 11.8 Å². The summed E-state index contributed by atoms with van der Waals surface area (Å²) in [4.78, 5) is 26.7. The smallest absolute Gasteiger partial charge is 0.227 e. The van der Waals surface area contributed by atoms with Gasteiger partial charge >= 0.3 is 0 Å². The largest absolute Gasteiger partial charge is 0.491 e. The third kappa shape index (κ3) is 4.91. The van der Waals surface area contributed by atoms with Crippen LogP contribution < -0.4 is 15.0 Å². The zero-order valence-corrected chi connectivity index (χ0v) is 16.7. The number of hydrogen-bond acceptors (Lipinski definition) is 3. The fourth-order valence-corrected chi connectivity index (χ4v) is 3.41. The zero-order valence-electron chi connectivity index (χ0n) is 16.7. The van der Waals surface area contributed by atoms with Gasteiger partial charge < -0.3 is 15.0 Å². The first kappa shape index (κ1) is 19.9. The van der Waals surface area contributed by atoms with Crippen molar-refractivity contribution < 1.29 is 14.3 Å². The van der Waals surface area contributed by atoms with Crippen LogP contribution in [0, 0.1) is 5.92 Å². The minimum atomic E-state index is -0.318. The molecule has 0 aromatic heterocycles. The minimum absolute atomic E-state index is 0.0196. The molecular weight excluding hydrogens is 352 g/mol. The fourth-order valence-electron chi connectivity index (χ4n) is 3.41. The standard InChI is InChI=1S/C23H28N2O3/c1-16(2)28-21-11-9-20(10-12-21)25-15-19(13-22(25)26)23(27)24-14-17(3)18-7-5-4-6-8-18/h4-12,16-17,19H,13-15H2,1-3H3,(H,24,27)/t17-,19-/m1/s1. The molecule has 28 heavy (non-hydrogen) atoms. The first-order chi connectivity index (χ1) is 13.4. The van der Waals surface area contributed by atoms with Crippen molar-refractivity contribution in [1.82, 2.24) is 5.32 Å². The van der Waals surface area contributed by atoms with Crippen LogP contribution in [0.15, 0.2) is 54.6 Å². The Balaban J connectivity index is 1.55. The lowest BCUT2D eigenvalue weighted by Crippen LogP contribution is -2.35. The normalized spacial score (nSPS) is 17.6. The first-order valence-corrected chi connectivity index (χ1v) is 9.83. The molecule has 0 aliphatic carbocycles. The van der Waals surface area contributed by atoms with E-state index < -0.39 is 0 Å². The number of hydrogen-bond donors (Lipinski definition) is 1. The molecule has 0 unspecified atom stereocenters. The molecule has 1 aliphatic heterocycles. The molecule has 5 nitrogen and oxygen atoms in total. The lowest BCUT2D eigenvalue weighted by atomic mass is 10.0. The van der Waals surface area contributed by atoms with E-state index in [4.69, 9.17) is 4.74 Å². The molecule has 1 saturated heterocycles. The van der Waals surface area contributed by atoms with Gasteiger partial charge in [-0.15, -0.1) is 0 Å². The number of anilines is 1. The van der Waals surface area contributed by atoms with Crippen molar-refractivity contribution in [3.05, 3.63) is 60.2 Å². The molecular formula is C23H28N2O3. The van der Waals surface area contributed by atoms with Gasteiger partial charge in [0, 0.05) is 25.2 Å². The van der Waals surface area contributed by atoms with Crippen LogP contribution in [-0.4, -0.2) is 31.0 Å². The van der Waals surface area contributed by atoms with Gasteiger partial charge in [-0.05, 0) is 49.6 Å². The Bertz CT molecular complexity index is 802. The summed E-state index contributed by atoms with van der Waals surface area (Å²) in [5.41, 5.74) is 1.99. The van der Waals surface area contributed by atoms with E-state index in [1.807, 2.05) is 56.3 Å².